The molecular formula is C47H76O20. The van der Waals surface area contributed by atoms with E-state index in [2.05, 4.69) is 33.8 Å². The van der Waals surface area contributed by atoms with E-state index in [1.165, 1.54) is 0 Å². The van der Waals surface area contributed by atoms with Crippen LogP contribution in [0, 0.1) is 50.2 Å². The number of aliphatic hydroxyl groups is 12. The first-order valence-corrected chi connectivity index (χ1v) is 24.0. The highest BCUT2D eigenvalue weighted by molar-refractivity contribution is 5.73. The van der Waals surface area contributed by atoms with E-state index in [1.54, 1.807) is 0 Å². The SMILES string of the molecule is CC1(C)CC(O)C2(CO)C(C1)C1=CCC3C4(C)CCC(OC5OC(C(=O)O)C(O)C(OC6OCC(O)C(O)C6O)C5OC5OC(CO)C(O)C(O)C5O)C(C)(C)C4CCC3(C)C1(C)C(O)C2O. The average Bonchev–Trinajstić information content (AvgIpc) is 3.25. The summed E-state index contributed by atoms with van der Waals surface area (Å²) in [5.74, 6) is -2.08. The molecule has 3 saturated heterocycles. The van der Waals surface area contributed by atoms with Crippen LogP contribution in [0.3, 0.4) is 0 Å². The van der Waals surface area contributed by atoms with Gasteiger partial charge in [-0.3, -0.25) is 0 Å². The van der Waals surface area contributed by atoms with Crippen LogP contribution in [0.15, 0.2) is 11.6 Å². The van der Waals surface area contributed by atoms with Crippen LogP contribution in [0.5, 0.6) is 0 Å². The zero-order valence-electron chi connectivity index (χ0n) is 39.4. The third-order valence-electron chi connectivity index (χ3n) is 19.2. The molecular weight excluding hydrogens is 884 g/mol. The Morgan fingerprint density at radius 3 is 2.00 bits per heavy atom. The molecule has 25 unspecified atom stereocenters. The molecule has 384 valence electrons. The number of ether oxygens (including phenoxy) is 6. The largest absolute Gasteiger partial charge is 0.479 e. The van der Waals surface area contributed by atoms with Gasteiger partial charge in [-0.15, -0.1) is 0 Å². The smallest absolute Gasteiger partial charge is 0.335 e. The van der Waals surface area contributed by atoms with Crippen molar-refractivity contribution in [3.63, 3.8) is 0 Å². The highest BCUT2D eigenvalue weighted by Crippen LogP contribution is 2.76. The van der Waals surface area contributed by atoms with Crippen molar-refractivity contribution in [2.45, 2.75) is 204 Å². The van der Waals surface area contributed by atoms with Crippen molar-refractivity contribution in [1.82, 2.24) is 0 Å². The summed E-state index contributed by atoms with van der Waals surface area (Å²) in [6.07, 6.45) is -23.6. The highest BCUT2D eigenvalue weighted by atomic mass is 16.8. The molecule has 7 fully saturated rings. The quantitative estimate of drug-likeness (QED) is 0.0901. The lowest BCUT2D eigenvalue weighted by molar-refractivity contribution is -0.392. The standard InChI is InChI=1S/C47H76O20/c1-42(2)14-20-19-8-9-24-44(5)12-11-26(43(3,4)23(44)10-13-45(24,6)46(19,7)36(58)37(59)47(20,18-49)25(51)15-42)64-41-35(67-40-31(56)29(54)28(53)22(16-48)63-40)33(32(57)34(66-41)38(60)61)65-39-30(55)27(52)21(50)17-62-39/h8,20-37,39-41,48-59H,9-18H2,1-7H3,(H,60,61). The molecule has 0 aromatic heterocycles. The maximum atomic E-state index is 12.8. The predicted octanol–water partition coefficient (Wildman–Crippen LogP) is -1.74. The molecule has 20 heteroatoms. The Morgan fingerprint density at radius 2 is 1.36 bits per heavy atom. The Balaban J connectivity index is 1.12. The van der Waals surface area contributed by atoms with E-state index < -0.39 is 163 Å². The second-order valence-electron chi connectivity index (χ2n) is 23.4. The van der Waals surface area contributed by atoms with Crippen LogP contribution in [-0.2, 0) is 33.2 Å². The maximum Gasteiger partial charge on any atom is 0.335 e. The summed E-state index contributed by atoms with van der Waals surface area (Å²) in [5.41, 5.74) is -3.21. The van der Waals surface area contributed by atoms with E-state index in [0.717, 1.165) is 5.57 Å². The van der Waals surface area contributed by atoms with Gasteiger partial charge in [-0.1, -0.05) is 60.1 Å². The number of fused-ring (bicyclic) bond motifs is 7. The van der Waals surface area contributed by atoms with Crippen LogP contribution in [-0.4, -0.2) is 203 Å². The monoisotopic (exact) mass is 960 g/mol. The minimum absolute atomic E-state index is 0.0222. The molecule has 0 spiro atoms. The maximum absolute atomic E-state index is 12.8. The minimum Gasteiger partial charge on any atom is -0.479 e. The number of hydrogen-bond acceptors (Lipinski definition) is 19. The van der Waals surface area contributed by atoms with Crippen molar-refractivity contribution < 1.29 is 99.6 Å². The molecule has 13 N–H and O–H groups in total. The van der Waals surface area contributed by atoms with Crippen molar-refractivity contribution in [1.29, 1.82) is 0 Å². The van der Waals surface area contributed by atoms with E-state index in [0.29, 0.717) is 44.9 Å². The van der Waals surface area contributed by atoms with Crippen LogP contribution in [0.1, 0.15) is 93.4 Å². The summed E-state index contributed by atoms with van der Waals surface area (Å²) in [6.45, 7) is 13.0. The zero-order chi connectivity index (χ0) is 49.3. The van der Waals surface area contributed by atoms with Gasteiger partial charge in [-0.2, -0.15) is 0 Å². The molecule has 25 atom stereocenters. The lowest BCUT2D eigenvalue weighted by Gasteiger charge is -2.73. The van der Waals surface area contributed by atoms with E-state index in [-0.39, 0.29) is 23.2 Å². The first kappa shape index (κ1) is 51.8. The van der Waals surface area contributed by atoms with Crippen LogP contribution >= 0.6 is 0 Å². The lowest BCUT2D eigenvalue weighted by atomic mass is 9.32. The first-order valence-electron chi connectivity index (χ1n) is 24.0. The predicted molar refractivity (Wildman–Crippen MR) is 229 cm³/mol. The Hall–Kier alpha value is -1.51. The molecule has 8 rings (SSSR count). The van der Waals surface area contributed by atoms with Gasteiger partial charge in [-0.25, -0.2) is 4.79 Å². The number of hydrogen-bond donors (Lipinski definition) is 13. The van der Waals surface area contributed by atoms with Gasteiger partial charge in [0.2, 0.25) is 0 Å². The summed E-state index contributed by atoms with van der Waals surface area (Å²) >= 11 is 0. The molecule has 0 aromatic rings. The second-order valence-corrected chi connectivity index (χ2v) is 23.4. The van der Waals surface area contributed by atoms with Crippen LogP contribution in [0.25, 0.3) is 0 Å². The molecule has 20 nitrogen and oxygen atoms in total. The number of carboxylic acid groups (broad SMARTS) is 1. The number of rotatable bonds is 9. The Morgan fingerprint density at radius 1 is 0.701 bits per heavy atom. The van der Waals surface area contributed by atoms with E-state index >= 15 is 0 Å². The number of carboxylic acids is 1. The van der Waals surface area contributed by atoms with Gasteiger partial charge in [0.15, 0.2) is 25.0 Å². The zero-order valence-corrected chi connectivity index (χ0v) is 39.4. The number of aliphatic hydroxyl groups excluding tert-OH is 12. The van der Waals surface area contributed by atoms with Crippen molar-refractivity contribution in [3.8, 4) is 0 Å². The summed E-state index contributed by atoms with van der Waals surface area (Å²) in [7, 11) is 0. The van der Waals surface area contributed by atoms with Crippen LogP contribution < -0.4 is 0 Å². The van der Waals surface area contributed by atoms with Crippen molar-refractivity contribution >= 4 is 5.97 Å². The van der Waals surface area contributed by atoms with Gasteiger partial charge in [-0.05, 0) is 84.4 Å². The molecule has 4 saturated carbocycles. The van der Waals surface area contributed by atoms with Crippen LogP contribution in [0.4, 0.5) is 0 Å². The fourth-order valence-corrected chi connectivity index (χ4v) is 15.2. The molecule has 67 heavy (non-hydrogen) atoms. The average molecular weight is 961 g/mol. The molecule has 8 aliphatic rings. The summed E-state index contributed by atoms with van der Waals surface area (Å²) in [5, 5.41) is 143. The number of aliphatic carboxylic acids is 1. The fourth-order valence-electron chi connectivity index (χ4n) is 15.2. The molecule has 5 aliphatic carbocycles. The third kappa shape index (κ3) is 7.73. The van der Waals surface area contributed by atoms with Crippen molar-refractivity contribution in [2.75, 3.05) is 19.8 Å². The molecule has 3 aliphatic heterocycles. The Kier molecular flexibility index (Phi) is 13.9. The summed E-state index contributed by atoms with van der Waals surface area (Å²) < 4.78 is 36.2. The van der Waals surface area contributed by atoms with Gasteiger partial charge in [0, 0.05) is 5.41 Å². The highest BCUT2D eigenvalue weighted by Gasteiger charge is 2.74. The van der Waals surface area contributed by atoms with Gasteiger partial charge in [0.1, 0.15) is 61.0 Å². The first-order chi connectivity index (χ1) is 31.2. The van der Waals surface area contributed by atoms with Gasteiger partial charge in [0.25, 0.3) is 0 Å². The number of allylic oxidation sites excluding steroid dienone is 1. The molecule has 0 aromatic carbocycles. The van der Waals surface area contributed by atoms with E-state index in [9.17, 15) is 71.2 Å². The van der Waals surface area contributed by atoms with E-state index in [1.807, 2.05) is 20.8 Å². The summed E-state index contributed by atoms with van der Waals surface area (Å²) in [4.78, 5) is 12.8. The Bertz CT molecular complexity index is 1850. The minimum atomic E-state index is -2.09. The second kappa shape index (κ2) is 17.9. The normalized spacial score (nSPS) is 55.0. The number of carbonyl (C=O) groups is 1. The van der Waals surface area contributed by atoms with Gasteiger partial charge >= 0.3 is 5.97 Å². The summed E-state index contributed by atoms with van der Waals surface area (Å²) in [6, 6.07) is 0. The van der Waals surface area contributed by atoms with E-state index in [4.69, 9.17) is 28.4 Å². The molecule has 0 amide bonds. The Labute approximate surface area is 390 Å². The molecule has 3 heterocycles. The third-order valence-corrected chi connectivity index (χ3v) is 19.2. The molecule has 0 bridgehead atoms. The van der Waals surface area contributed by atoms with Crippen molar-refractivity contribution in [3.05, 3.63) is 11.6 Å². The van der Waals surface area contributed by atoms with Crippen molar-refractivity contribution in [2.24, 2.45) is 50.2 Å². The topological polar surface area (TPSA) is 335 Å². The van der Waals surface area contributed by atoms with Gasteiger partial charge in [0.05, 0.1) is 49.7 Å². The lowest BCUT2D eigenvalue weighted by Crippen LogP contribution is -2.74. The van der Waals surface area contributed by atoms with Crippen LogP contribution in [0.2, 0.25) is 0 Å². The van der Waals surface area contributed by atoms with Gasteiger partial charge < -0.3 is 94.8 Å². The fraction of sp³-hybridized carbons (Fsp3) is 0.936. The molecule has 0 radical (unpaired) electrons.